The number of aryl methyl sites for hydroxylation is 1. The molecule has 6 heteroatoms. The van der Waals surface area contributed by atoms with E-state index in [-0.39, 0.29) is 17.7 Å². The molecule has 0 heterocycles. The highest BCUT2D eigenvalue weighted by Gasteiger charge is 2.25. The molecule has 2 aromatic carbocycles. The molecule has 0 aliphatic carbocycles. The highest BCUT2D eigenvalue weighted by atomic mass is 16.4. The topological polar surface area (TPSA) is 95.5 Å². The third-order valence-electron chi connectivity index (χ3n) is 4.67. The van der Waals surface area contributed by atoms with E-state index in [1.807, 2.05) is 32.9 Å². The van der Waals surface area contributed by atoms with Crippen LogP contribution in [0.5, 0.6) is 0 Å². The number of nitrogens with one attached hydrogen (secondary N) is 2. The molecule has 0 bridgehead atoms. The minimum absolute atomic E-state index is 0.112. The van der Waals surface area contributed by atoms with Crippen molar-refractivity contribution < 1.29 is 19.5 Å². The predicted molar refractivity (Wildman–Crippen MR) is 108 cm³/mol. The van der Waals surface area contributed by atoms with Gasteiger partial charge in [-0.1, -0.05) is 44.2 Å². The smallest absolute Gasteiger partial charge is 0.310 e. The first-order valence-corrected chi connectivity index (χ1v) is 9.20. The van der Waals surface area contributed by atoms with E-state index in [9.17, 15) is 14.4 Å². The van der Waals surface area contributed by atoms with E-state index >= 15 is 0 Å². The summed E-state index contributed by atoms with van der Waals surface area (Å²) < 4.78 is 0. The van der Waals surface area contributed by atoms with E-state index < -0.39 is 17.9 Å². The van der Waals surface area contributed by atoms with Crippen LogP contribution in [0.15, 0.2) is 48.5 Å². The van der Waals surface area contributed by atoms with E-state index in [4.69, 9.17) is 5.11 Å². The van der Waals surface area contributed by atoms with Crippen molar-refractivity contribution in [3.8, 4) is 0 Å². The Bertz CT molecular complexity index is 859. The second-order valence-electron chi connectivity index (χ2n) is 7.18. The van der Waals surface area contributed by atoms with Gasteiger partial charge in [-0.05, 0) is 49.1 Å². The van der Waals surface area contributed by atoms with Crippen LogP contribution >= 0.6 is 0 Å². The van der Waals surface area contributed by atoms with Crippen molar-refractivity contribution in [3.05, 3.63) is 65.2 Å². The van der Waals surface area contributed by atoms with Crippen molar-refractivity contribution >= 4 is 23.5 Å². The summed E-state index contributed by atoms with van der Waals surface area (Å²) in [7, 11) is 0. The van der Waals surface area contributed by atoms with Gasteiger partial charge in [-0.2, -0.15) is 0 Å². The summed E-state index contributed by atoms with van der Waals surface area (Å²) in [5.41, 5.74) is 2.57. The lowest BCUT2D eigenvalue weighted by Crippen LogP contribution is -2.47. The minimum Gasteiger partial charge on any atom is -0.481 e. The maximum absolute atomic E-state index is 12.7. The molecule has 0 fully saturated rings. The molecule has 6 nitrogen and oxygen atoms in total. The molecule has 2 rings (SSSR count). The Hall–Kier alpha value is -3.15. The number of carboxylic acid groups (broad SMARTS) is 1. The summed E-state index contributed by atoms with van der Waals surface area (Å²) in [5, 5.41) is 14.7. The third kappa shape index (κ3) is 5.19. The number of carboxylic acids is 1. The van der Waals surface area contributed by atoms with Crippen LogP contribution in [0.1, 0.15) is 48.2 Å². The first-order chi connectivity index (χ1) is 13.2. The molecule has 28 heavy (non-hydrogen) atoms. The third-order valence-corrected chi connectivity index (χ3v) is 4.67. The maximum Gasteiger partial charge on any atom is 0.310 e. The Morgan fingerprint density at radius 2 is 1.54 bits per heavy atom. The average molecular weight is 382 g/mol. The Morgan fingerprint density at radius 3 is 2.07 bits per heavy atom. The zero-order valence-corrected chi connectivity index (χ0v) is 16.5. The molecule has 0 aromatic heterocycles. The number of carbonyl (C=O) groups is 3. The first-order valence-electron chi connectivity index (χ1n) is 9.20. The molecule has 2 aromatic rings. The van der Waals surface area contributed by atoms with Crippen LogP contribution in [0.2, 0.25) is 0 Å². The molecule has 0 aliphatic rings. The summed E-state index contributed by atoms with van der Waals surface area (Å²) in [5.74, 6) is -2.26. The Kier molecular flexibility index (Phi) is 6.93. The van der Waals surface area contributed by atoms with Crippen molar-refractivity contribution in [3.63, 3.8) is 0 Å². The zero-order chi connectivity index (χ0) is 20.8. The lowest BCUT2D eigenvalue weighted by molar-refractivity contribution is -0.138. The van der Waals surface area contributed by atoms with Crippen LogP contribution in [0.25, 0.3) is 0 Å². The predicted octanol–water partition coefficient (Wildman–Crippen LogP) is 3.58. The number of amides is 2. The standard InChI is InChI=1S/C22H26N2O4/c1-13(2)19(24-20(25)18-8-6-5-7-14(18)3)21(26)23-17-11-9-16(10-12-17)15(4)22(27)28/h5-13,15,19H,1-4H3,(H,23,26)(H,24,25)(H,27,28). The fraction of sp³-hybridized carbons (Fsp3) is 0.318. The normalized spacial score (nSPS) is 12.9. The fourth-order valence-electron chi connectivity index (χ4n) is 2.80. The Balaban J connectivity index is 2.10. The average Bonchev–Trinajstić information content (AvgIpc) is 2.65. The molecule has 0 spiro atoms. The highest BCUT2D eigenvalue weighted by molar-refractivity contribution is 6.01. The number of carbonyl (C=O) groups excluding carboxylic acids is 2. The summed E-state index contributed by atoms with van der Waals surface area (Å²) in [6.45, 7) is 7.17. The molecular weight excluding hydrogens is 356 g/mol. The lowest BCUT2D eigenvalue weighted by Gasteiger charge is -2.22. The SMILES string of the molecule is Cc1ccccc1C(=O)NC(C(=O)Nc1ccc(C(C)C(=O)O)cc1)C(C)C. The molecular formula is C22H26N2O4. The van der Waals surface area contributed by atoms with Crippen molar-refractivity contribution in [1.82, 2.24) is 5.32 Å². The summed E-state index contributed by atoms with van der Waals surface area (Å²) in [6.07, 6.45) is 0. The fourth-order valence-corrected chi connectivity index (χ4v) is 2.80. The van der Waals surface area contributed by atoms with E-state index in [2.05, 4.69) is 10.6 Å². The molecule has 2 amide bonds. The van der Waals surface area contributed by atoms with Gasteiger partial charge in [0.1, 0.15) is 6.04 Å². The molecule has 0 radical (unpaired) electrons. The number of benzene rings is 2. The van der Waals surface area contributed by atoms with Crippen LogP contribution in [0.3, 0.4) is 0 Å². The zero-order valence-electron chi connectivity index (χ0n) is 16.5. The van der Waals surface area contributed by atoms with E-state index in [1.54, 1.807) is 43.3 Å². The number of hydrogen-bond donors (Lipinski definition) is 3. The first kappa shape index (κ1) is 21.2. The van der Waals surface area contributed by atoms with Gasteiger partial charge in [0.15, 0.2) is 0 Å². The quantitative estimate of drug-likeness (QED) is 0.682. The van der Waals surface area contributed by atoms with Crippen molar-refractivity contribution in [2.24, 2.45) is 5.92 Å². The van der Waals surface area contributed by atoms with Gasteiger partial charge >= 0.3 is 5.97 Å². The van der Waals surface area contributed by atoms with Gasteiger partial charge < -0.3 is 15.7 Å². The summed E-state index contributed by atoms with van der Waals surface area (Å²) >= 11 is 0. The van der Waals surface area contributed by atoms with E-state index in [1.165, 1.54) is 0 Å². The van der Waals surface area contributed by atoms with Crippen LogP contribution in [0.4, 0.5) is 5.69 Å². The molecule has 3 N–H and O–H groups in total. The van der Waals surface area contributed by atoms with Crippen LogP contribution < -0.4 is 10.6 Å². The molecule has 0 aliphatic heterocycles. The number of rotatable bonds is 7. The van der Waals surface area contributed by atoms with Crippen molar-refractivity contribution in [2.45, 2.75) is 39.7 Å². The molecule has 2 unspecified atom stereocenters. The van der Waals surface area contributed by atoms with Gasteiger partial charge in [-0.15, -0.1) is 0 Å². The Labute approximate surface area is 165 Å². The summed E-state index contributed by atoms with van der Waals surface area (Å²) in [4.78, 5) is 36.3. The van der Waals surface area contributed by atoms with Gasteiger partial charge in [0.25, 0.3) is 5.91 Å². The Morgan fingerprint density at radius 1 is 0.929 bits per heavy atom. The van der Waals surface area contributed by atoms with E-state index in [0.29, 0.717) is 16.8 Å². The van der Waals surface area contributed by atoms with Gasteiger partial charge in [0, 0.05) is 11.3 Å². The highest BCUT2D eigenvalue weighted by Crippen LogP contribution is 2.19. The molecule has 0 saturated carbocycles. The lowest BCUT2D eigenvalue weighted by atomic mass is 10.0. The van der Waals surface area contributed by atoms with Crippen molar-refractivity contribution in [1.29, 1.82) is 0 Å². The second-order valence-corrected chi connectivity index (χ2v) is 7.18. The minimum atomic E-state index is -0.907. The largest absolute Gasteiger partial charge is 0.481 e. The molecule has 148 valence electrons. The van der Waals surface area contributed by atoms with Crippen LogP contribution in [0, 0.1) is 12.8 Å². The number of aliphatic carboxylic acids is 1. The van der Waals surface area contributed by atoms with Crippen molar-refractivity contribution in [2.75, 3.05) is 5.32 Å². The van der Waals surface area contributed by atoms with Gasteiger partial charge in [0.05, 0.1) is 5.92 Å². The monoisotopic (exact) mass is 382 g/mol. The molecule has 2 atom stereocenters. The van der Waals surface area contributed by atoms with Gasteiger partial charge in [0.2, 0.25) is 5.91 Å². The second kappa shape index (κ2) is 9.17. The maximum atomic E-state index is 12.7. The van der Waals surface area contributed by atoms with Gasteiger partial charge in [-0.25, -0.2) is 0 Å². The van der Waals surface area contributed by atoms with Crippen LogP contribution in [-0.4, -0.2) is 28.9 Å². The van der Waals surface area contributed by atoms with E-state index in [0.717, 1.165) is 5.56 Å². The summed E-state index contributed by atoms with van der Waals surface area (Å²) in [6, 6.07) is 13.2. The number of anilines is 1. The number of hydrogen-bond acceptors (Lipinski definition) is 3. The van der Waals surface area contributed by atoms with Crippen LogP contribution in [-0.2, 0) is 9.59 Å². The van der Waals surface area contributed by atoms with Gasteiger partial charge in [-0.3, -0.25) is 14.4 Å². The molecule has 0 saturated heterocycles.